The van der Waals surface area contributed by atoms with Crippen molar-refractivity contribution in [3.8, 4) is 45.8 Å². The van der Waals surface area contributed by atoms with Gasteiger partial charge in [0.15, 0.2) is 37.5 Å². The monoisotopic (exact) mass is 676 g/mol. The van der Waals surface area contributed by atoms with Crippen molar-refractivity contribution in [2.45, 2.75) is 11.8 Å². The van der Waals surface area contributed by atoms with Crippen LogP contribution in [0, 0.1) is 6.92 Å². The second-order valence-electron chi connectivity index (χ2n) is 9.66. The van der Waals surface area contributed by atoms with E-state index in [1.807, 2.05) is 0 Å². The fourth-order valence-electron chi connectivity index (χ4n) is 4.30. The van der Waals surface area contributed by atoms with Crippen LogP contribution in [0.3, 0.4) is 0 Å². The highest BCUT2D eigenvalue weighted by Gasteiger charge is 2.33. The van der Waals surface area contributed by atoms with E-state index in [1.165, 1.54) is 47.7 Å². The lowest BCUT2D eigenvalue weighted by Crippen LogP contribution is -2.19. The average Bonchev–Trinajstić information content (AvgIpc) is 3.07. The van der Waals surface area contributed by atoms with E-state index in [1.54, 1.807) is 43.3 Å². The van der Waals surface area contributed by atoms with E-state index in [9.17, 15) is 13.2 Å². The van der Waals surface area contributed by atoms with E-state index in [4.69, 9.17) is 51.2 Å². The van der Waals surface area contributed by atoms with Gasteiger partial charge >= 0.3 is 10.1 Å². The summed E-state index contributed by atoms with van der Waals surface area (Å²) < 4.78 is 88.3. The first-order valence-electron chi connectivity index (χ1n) is 14.0. The molecule has 0 unspecified atom stereocenters. The summed E-state index contributed by atoms with van der Waals surface area (Å²) in [5, 5.41) is -0.292. The normalized spacial score (nSPS) is 11.4. The average molecular weight is 677 g/mol. The molecule has 0 amide bonds. The smallest absolute Gasteiger partial charge is 0.339 e. The van der Waals surface area contributed by atoms with Crippen LogP contribution < -0.4 is 33.3 Å². The molecule has 15 heteroatoms. The molecule has 0 aliphatic carbocycles. The topological polar surface area (TPSA) is 157 Å². The van der Waals surface area contributed by atoms with Crippen LogP contribution in [0.25, 0.3) is 22.3 Å². The number of aryl methyl sites for hydroxylation is 1. The molecule has 1 heterocycles. The molecular weight excluding hydrogens is 640 g/mol. The quantitative estimate of drug-likeness (QED) is 0.0823. The third-order valence-corrected chi connectivity index (χ3v) is 7.78. The van der Waals surface area contributed by atoms with Crippen LogP contribution in [0.15, 0.2) is 62.6 Å². The van der Waals surface area contributed by atoms with Gasteiger partial charge in [-0.3, -0.25) is 4.79 Å². The Bertz CT molecular complexity index is 1800. The van der Waals surface area contributed by atoms with E-state index in [0.717, 1.165) is 5.56 Å². The Morgan fingerprint density at radius 2 is 1.28 bits per heavy atom. The number of benzene rings is 3. The number of ether oxygens (including phenoxy) is 9. The molecular formula is C32H36O14S. The third kappa shape index (κ3) is 8.07. The summed E-state index contributed by atoms with van der Waals surface area (Å²) in [4.78, 5) is 14.4. The second kappa shape index (κ2) is 16.3. The first kappa shape index (κ1) is 35.3. The molecule has 0 radical (unpaired) electrons. The Labute approximate surface area is 271 Å². The molecule has 0 aliphatic heterocycles. The van der Waals surface area contributed by atoms with Crippen LogP contribution in [-0.4, -0.2) is 77.6 Å². The predicted octanol–water partition coefficient (Wildman–Crippen LogP) is 4.52. The van der Waals surface area contributed by atoms with Gasteiger partial charge in [0.1, 0.15) is 16.0 Å². The van der Waals surface area contributed by atoms with E-state index >= 15 is 0 Å². The lowest BCUT2D eigenvalue weighted by molar-refractivity contribution is -0.0126. The maximum absolute atomic E-state index is 14.6. The molecule has 3 aromatic carbocycles. The zero-order valence-electron chi connectivity index (χ0n) is 26.8. The van der Waals surface area contributed by atoms with Gasteiger partial charge in [-0.05, 0) is 43.3 Å². The Morgan fingerprint density at radius 1 is 0.660 bits per heavy atom. The van der Waals surface area contributed by atoms with E-state index in [2.05, 4.69) is 0 Å². The van der Waals surface area contributed by atoms with Crippen molar-refractivity contribution in [2.75, 3.05) is 69.1 Å². The minimum absolute atomic E-state index is 0.0597. The van der Waals surface area contributed by atoms with Gasteiger partial charge in [0.25, 0.3) is 0 Å². The summed E-state index contributed by atoms with van der Waals surface area (Å²) >= 11 is 0. The van der Waals surface area contributed by atoms with Gasteiger partial charge < -0.3 is 51.2 Å². The van der Waals surface area contributed by atoms with Crippen LogP contribution in [0.5, 0.6) is 34.5 Å². The molecule has 0 saturated heterocycles. The molecule has 0 spiro atoms. The molecule has 0 atom stereocenters. The van der Waals surface area contributed by atoms with Crippen molar-refractivity contribution in [1.82, 2.24) is 0 Å². The first-order chi connectivity index (χ1) is 22.7. The van der Waals surface area contributed by atoms with Crippen molar-refractivity contribution in [3.63, 3.8) is 0 Å². The predicted molar refractivity (Wildman–Crippen MR) is 168 cm³/mol. The molecule has 47 heavy (non-hydrogen) atoms. The summed E-state index contributed by atoms with van der Waals surface area (Å²) in [6, 6.07) is 12.3. The molecule has 4 rings (SSSR count). The van der Waals surface area contributed by atoms with Crippen molar-refractivity contribution >= 4 is 21.1 Å². The van der Waals surface area contributed by atoms with Gasteiger partial charge in [-0.1, -0.05) is 17.7 Å². The molecule has 254 valence electrons. The maximum Gasteiger partial charge on any atom is 0.339 e. The van der Waals surface area contributed by atoms with E-state index in [0.29, 0.717) is 5.75 Å². The molecule has 1 aromatic heterocycles. The lowest BCUT2D eigenvalue weighted by Gasteiger charge is -2.21. The Kier molecular flexibility index (Phi) is 12.3. The number of hydrogen-bond donors (Lipinski definition) is 0. The molecule has 0 fully saturated rings. The van der Waals surface area contributed by atoms with Crippen LogP contribution in [-0.2, 0) is 29.1 Å². The largest absolute Gasteiger partial charge is 0.497 e. The minimum Gasteiger partial charge on any atom is -0.497 e. The van der Waals surface area contributed by atoms with Crippen LogP contribution in [0.1, 0.15) is 5.56 Å². The van der Waals surface area contributed by atoms with Crippen LogP contribution >= 0.6 is 0 Å². The number of hydrogen-bond acceptors (Lipinski definition) is 14. The highest BCUT2D eigenvalue weighted by Crippen LogP contribution is 2.52. The summed E-state index contributed by atoms with van der Waals surface area (Å²) in [6.07, 6.45) is 0. The van der Waals surface area contributed by atoms with Gasteiger partial charge in [0, 0.05) is 26.9 Å². The van der Waals surface area contributed by atoms with Gasteiger partial charge in [0.05, 0.1) is 27.4 Å². The Hall–Kier alpha value is -4.54. The van der Waals surface area contributed by atoms with Gasteiger partial charge in [0.2, 0.25) is 28.4 Å². The molecule has 0 aliphatic rings. The minimum atomic E-state index is -4.55. The lowest BCUT2D eigenvalue weighted by atomic mass is 10.1. The van der Waals surface area contributed by atoms with Gasteiger partial charge in [-0.2, -0.15) is 8.42 Å². The van der Waals surface area contributed by atoms with Crippen LogP contribution in [0.4, 0.5) is 0 Å². The fourth-order valence-corrected chi connectivity index (χ4v) is 5.24. The molecule has 0 saturated carbocycles. The first-order valence-corrected chi connectivity index (χ1v) is 15.4. The van der Waals surface area contributed by atoms with Crippen molar-refractivity contribution in [3.05, 3.63) is 64.3 Å². The maximum atomic E-state index is 14.6. The van der Waals surface area contributed by atoms with Gasteiger partial charge in [-0.15, -0.1) is 0 Å². The third-order valence-electron chi connectivity index (χ3n) is 6.54. The van der Waals surface area contributed by atoms with E-state index < -0.39 is 21.3 Å². The molecule has 0 bridgehead atoms. The number of rotatable bonds is 18. The summed E-state index contributed by atoms with van der Waals surface area (Å²) in [5.41, 5.74) is -0.000145. The highest BCUT2D eigenvalue weighted by atomic mass is 32.2. The van der Waals surface area contributed by atoms with Crippen molar-refractivity contribution in [2.24, 2.45) is 0 Å². The van der Waals surface area contributed by atoms with Crippen molar-refractivity contribution < 1.29 is 59.6 Å². The molecule has 0 N–H and O–H groups in total. The number of methoxy groups -OCH3 is 5. The van der Waals surface area contributed by atoms with E-state index in [-0.39, 0.29) is 83.8 Å². The molecule has 14 nitrogen and oxygen atoms in total. The fraction of sp³-hybridized carbons (Fsp3) is 0.344. The van der Waals surface area contributed by atoms with Crippen molar-refractivity contribution in [1.29, 1.82) is 0 Å². The Balaban J connectivity index is 2.08. The standard InChI is InChI=1S/C32H36O14S/c1-20-7-13-23(14-8-20)47(34,35)46-29-25(33)24-27(44-19-41-16-15-36-2)31(42-17-37-3)32(43-18-38-4)30(40-6)28(24)45-26(29)21-9-11-22(39-5)12-10-21/h7-14H,15-19H2,1-6H3. The SMILES string of the molecule is COCCOCOc1c(OCOC)c(OCOC)c(OC)c2oc(-c3ccc(OC)cc3)c(OS(=O)(=O)c3ccc(C)cc3)c(=O)c12. The van der Waals surface area contributed by atoms with Crippen LogP contribution in [0.2, 0.25) is 0 Å². The summed E-state index contributed by atoms with van der Waals surface area (Å²) in [5.74, 6) is -0.896. The molecule has 4 aromatic rings. The zero-order valence-corrected chi connectivity index (χ0v) is 27.6. The highest BCUT2D eigenvalue weighted by molar-refractivity contribution is 7.87. The second-order valence-corrected chi connectivity index (χ2v) is 11.2. The number of fused-ring (bicyclic) bond motifs is 1. The van der Waals surface area contributed by atoms with Gasteiger partial charge in [-0.25, -0.2) is 0 Å². The Morgan fingerprint density at radius 3 is 1.85 bits per heavy atom. The summed E-state index contributed by atoms with van der Waals surface area (Å²) in [6.45, 7) is 1.28. The summed E-state index contributed by atoms with van der Waals surface area (Å²) in [7, 11) is 2.56. The zero-order chi connectivity index (χ0) is 34.0.